The highest BCUT2D eigenvalue weighted by molar-refractivity contribution is 5.81. The second-order valence-electron chi connectivity index (χ2n) is 5.82. The second kappa shape index (κ2) is 7.38. The van der Waals surface area contributed by atoms with Gasteiger partial charge in [0.15, 0.2) is 5.79 Å². The molecule has 2 heterocycles. The molecule has 2 rings (SSSR count). The van der Waals surface area contributed by atoms with Gasteiger partial charge < -0.3 is 14.8 Å². The van der Waals surface area contributed by atoms with Crippen molar-refractivity contribution in [2.75, 3.05) is 32.8 Å². The minimum atomic E-state index is -0.353. The maximum absolute atomic E-state index is 12.1. The SMILES string of the molecule is CCCCCNC(=O)C(C)N1CCC2(CC1)OCCO2. The summed E-state index contributed by atoms with van der Waals surface area (Å²) in [6.07, 6.45) is 5.15. The molecule has 0 aromatic heterocycles. The van der Waals surface area contributed by atoms with Crippen molar-refractivity contribution in [2.45, 2.75) is 57.8 Å². The number of nitrogens with zero attached hydrogens (tertiary/aromatic N) is 1. The van der Waals surface area contributed by atoms with Crippen LogP contribution in [0, 0.1) is 0 Å². The first-order valence-corrected chi connectivity index (χ1v) is 7.96. The van der Waals surface area contributed by atoms with Crippen LogP contribution in [0.25, 0.3) is 0 Å². The maximum Gasteiger partial charge on any atom is 0.237 e. The van der Waals surface area contributed by atoms with Gasteiger partial charge in [-0.2, -0.15) is 0 Å². The zero-order valence-corrected chi connectivity index (χ0v) is 12.8. The summed E-state index contributed by atoms with van der Waals surface area (Å²) in [6.45, 7) is 8.08. The molecule has 1 atom stereocenters. The number of unbranched alkanes of at least 4 members (excludes halogenated alkanes) is 2. The molecule has 2 fully saturated rings. The average molecular weight is 284 g/mol. The predicted molar refractivity (Wildman–Crippen MR) is 77.4 cm³/mol. The number of hydrogen-bond donors (Lipinski definition) is 1. The lowest BCUT2D eigenvalue weighted by molar-refractivity contribution is -0.188. The normalized spacial score (nSPS) is 23.9. The van der Waals surface area contributed by atoms with Crippen LogP contribution in [0.15, 0.2) is 0 Å². The van der Waals surface area contributed by atoms with Crippen molar-refractivity contribution in [3.63, 3.8) is 0 Å². The zero-order chi connectivity index (χ0) is 14.4. The highest BCUT2D eigenvalue weighted by atomic mass is 16.7. The molecule has 116 valence electrons. The molecular formula is C15H28N2O3. The van der Waals surface area contributed by atoms with Gasteiger partial charge in [0.25, 0.3) is 0 Å². The quantitative estimate of drug-likeness (QED) is 0.751. The molecule has 1 amide bonds. The number of hydrogen-bond acceptors (Lipinski definition) is 4. The van der Waals surface area contributed by atoms with Crippen LogP contribution in [0.2, 0.25) is 0 Å². The molecule has 0 saturated carbocycles. The zero-order valence-electron chi connectivity index (χ0n) is 12.8. The molecule has 0 aromatic rings. The Kier molecular flexibility index (Phi) is 5.81. The molecule has 0 aromatic carbocycles. The standard InChI is InChI=1S/C15H28N2O3/c1-3-4-5-8-16-14(18)13(2)17-9-6-15(7-10-17)19-11-12-20-15/h13H,3-12H2,1-2H3,(H,16,18). The topological polar surface area (TPSA) is 50.8 Å². The van der Waals surface area contributed by atoms with Crippen LogP contribution in [0.3, 0.4) is 0 Å². The average Bonchev–Trinajstić information content (AvgIpc) is 2.92. The number of nitrogens with one attached hydrogen (secondary N) is 1. The van der Waals surface area contributed by atoms with Gasteiger partial charge in [-0.1, -0.05) is 19.8 Å². The fraction of sp³-hybridized carbons (Fsp3) is 0.933. The lowest BCUT2D eigenvalue weighted by Gasteiger charge is -2.39. The first-order valence-electron chi connectivity index (χ1n) is 7.96. The minimum Gasteiger partial charge on any atom is -0.355 e. The van der Waals surface area contributed by atoms with Gasteiger partial charge in [0.1, 0.15) is 0 Å². The van der Waals surface area contributed by atoms with Crippen LogP contribution in [-0.4, -0.2) is 55.5 Å². The third kappa shape index (κ3) is 3.93. The van der Waals surface area contributed by atoms with Crippen molar-refractivity contribution >= 4 is 5.91 Å². The van der Waals surface area contributed by atoms with Gasteiger partial charge in [0, 0.05) is 32.5 Å². The molecule has 20 heavy (non-hydrogen) atoms. The van der Waals surface area contributed by atoms with E-state index in [2.05, 4.69) is 17.1 Å². The Hall–Kier alpha value is -0.650. The molecule has 2 aliphatic heterocycles. The van der Waals surface area contributed by atoms with Crippen molar-refractivity contribution in [1.29, 1.82) is 0 Å². The van der Waals surface area contributed by atoms with Gasteiger partial charge in [-0.15, -0.1) is 0 Å². The smallest absolute Gasteiger partial charge is 0.237 e. The van der Waals surface area contributed by atoms with Crippen molar-refractivity contribution in [3.05, 3.63) is 0 Å². The van der Waals surface area contributed by atoms with E-state index in [0.717, 1.165) is 38.9 Å². The third-order valence-corrected chi connectivity index (χ3v) is 4.38. The first kappa shape index (κ1) is 15.7. The number of ether oxygens (including phenoxy) is 2. The van der Waals surface area contributed by atoms with Crippen LogP contribution >= 0.6 is 0 Å². The van der Waals surface area contributed by atoms with E-state index in [4.69, 9.17) is 9.47 Å². The highest BCUT2D eigenvalue weighted by Gasteiger charge is 2.41. The number of carbonyl (C=O) groups is 1. The molecule has 2 aliphatic rings. The Morgan fingerprint density at radius 1 is 1.25 bits per heavy atom. The van der Waals surface area contributed by atoms with E-state index in [1.54, 1.807) is 0 Å². The van der Waals surface area contributed by atoms with Crippen molar-refractivity contribution < 1.29 is 14.3 Å². The van der Waals surface area contributed by atoms with Crippen LogP contribution in [0.5, 0.6) is 0 Å². The fourth-order valence-corrected chi connectivity index (χ4v) is 2.94. The number of amides is 1. The molecule has 5 heteroatoms. The maximum atomic E-state index is 12.1. The van der Waals surface area contributed by atoms with Crippen LogP contribution < -0.4 is 5.32 Å². The molecule has 1 N–H and O–H groups in total. The molecule has 1 spiro atoms. The van der Waals surface area contributed by atoms with Crippen LogP contribution in [-0.2, 0) is 14.3 Å². The molecule has 0 radical (unpaired) electrons. The molecule has 0 bridgehead atoms. The number of rotatable bonds is 6. The van der Waals surface area contributed by atoms with Gasteiger partial charge in [-0.25, -0.2) is 0 Å². The Labute approximate surface area is 122 Å². The Bertz CT molecular complexity index is 306. The van der Waals surface area contributed by atoms with E-state index in [1.807, 2.05) is 6.92 Å². The van der Waals surface area contributed by atoms with Crippen LogP contribution in [0.4, 0.5) is 0 Å². The Morgan fingerprint density at radius 2 is 1.90 bits per heavy atom. The number of likely N-dealkylation sites (tertiary alicyclic amines) is 1. The summed E-state index contributed by atoms with van der Waals surface area (Å²) in [5, 5.41) is 3.03. The first-order chi connectivity index (χ1) is 9.67. The summed E-state index contributed by atoms with van der Waals surface area (Å²) in [5.41, 5.74) is 0. The van der Waals surface area contributed by atoms with E-state index < -0.39 is 0 Å². The summed E-state index contributed by atoms with van der Waals surface area (Å²) < 4.78 is 11.4. The number of carbonyl (C=O) groups excluding carboxylic acids is 1. The summed E-state index contributed by atoms with van der Waals surface area (Å²) in [7, 11) is 0. The highest BCUT2D eigenvalue weighted by Crippen LogP contribution is 2.31. The van der Waals surface area contributed by atoms with Gasteiger partial charge in [0.05, 0.1) is 19.3 Å². The predicted octanol–water partition coefficient (Wildman–Crippen LogP) is 1.52. The van der Waals surface area contributed by atoms with Crippen molar-refractivity contribution in [1.82, 2.24) is 10.2 Å². The molecular weight excluding hydrogens is 256 g/mol. The van der Waals surface area contributed by atoms with Gasteiger partial charge in [-0.3, -0.25) is 9.69 Å². The van der Waals surface area contributed by atoms with Gasteiger partial charge in [-0.05, 0) is 13.3 Å². The Balaban J connectivity index is 1.70. The minimum absolute atomic E-state index is 0.0598. The summed E-state index contributed by atoms with van der Waals surface area (Å²) in [5.74, 6) is -0.210. The largest absolute Gasteiger partial charge is 0.355 e. The van der Waals surface area contributed by atoms with Crippen molar-refractivity contribution in [2.24, 2.45) is 0 Å². The van der Waals surface area contributed by atoms with E-state index in [0.29, 0.717) is 13.2 Å². The van der Waals surface area contributed by atoms with E-state index in [9.17, 15) is 4.79 Å². The molecule has 0 aliphatic carbocycles. The second-order valence-corrected chi connectivity index (χ2v) is 5.82. The molecule has 1 unspecified atom stereocenters. The van der Waals surface area contributed by atoms with Crippen molar-refractivity contribution in [3.8, 4) is 0 Å². The van der Waals surface area contributed by atoms with Gasteiger partial charge in [0.2, 0.25) is 5.91 Å². The van der Waals surface area contributed by atoms with Gasteiger partial charge >= 0.3 is 0 Å². The number of piperidine rings is 1. The summed E-state index contributed by atoms with van der Waals surface area (Å²) >= 11 is 0. The molecule has 2 saturated heterocycles. The fourth-order valence-electron chi connectivity index (χ4n) is 2.94. The lowest BCUT2D eigenvalue weighted by Crippen LogP contribution is -2.52. The molecule has 5 nitrogen and oxygen atoms in total. The third-order valence-electron chi connectivity index (χ3n) is 4.38. The van der Waals surface area contributed by atoms with E-state index in [-0.39, 0.29) is 17.7 Å². The summed E-state index contributed by atoms with van der Waals surface area (Å²) in [4.78, 5) is 14.3. The van der Waals surface area contributed by atoms with E-state index >= 15 is 0 Å². The summed E-state index contributed by atoms with van der Waals surface area (Å²) in [6, 6.07) is -0.0598. The monoisotopic (exact) mass is 284 g/mol. The van der Waals surface area contributed by atoms with E-state index in [1.165, 1.54) is 12.8 Å². The Morgan fingerprint density at radius 3 is 2.50 bits per heavy atom. The lowest BCUT2D eigenvalue weighted by atomic mass is 10.0. The van der Waals surface area contributed by atoms with Crippen LogP contribution in [0.1, 0.15) is 46.0 Å².